The van der Waals surface area contributed by atoms with Gasteiger partial charge in [-0.25, -0.2) is 0 Å². The second-order valence-electron chi connectivity index (χ2n) is 9.18. The fourth-order valence-corrected chi connectivity index (χ4v) is 4.07. The van der Waals surface area contributed by atoms with Gasteiger partial charge in [-0.05, 0) is 35.2 Å². The van der Waals surface area contributed by atoms with Crippen LogP contribution in [0.1, 0.15) is 47.8 Å². The highest BCUT2D eigenvalue weighted by molar-refractivity contribution is 8.93. The Bertz CT molecular complexity index is 1450. The first kappa shape index (κ1) is 25.0. The monoisotopic (exact) mass is 518 g/mol. The number of phenols is 1. The summed E-state index contributed by atoms with van der Waals surface area (Å²) in [5.74, 6) is -0.312. The maximum Gasteiger partial charge on any atom is 0.203 e. The van der Waals surface area contributed by atoms with E-state index in [9.17, 15) is 15.2 Å². The lowest BCUT2D eigenvalue weighted by Crippen LogP contribution is -2.28. The summed E-state index contributed by atoms with van der Waals surface area (Å²) in [6.45, 7) is 6.25. The van der Waals surface area contributed by atoms with Crippen molar-refractivity contribution in [2.24, 2.45) is 0 Å². The number of ketones is 1. The van der Waals surface area contributed by atoms with Crippen LogP contribution < -0.4 is 5.62 Å². The Kier molecular flexibility index (Phi) is 7.13. The number of imidazole rings is 1. The zero-order valence-electron chi connectivity index (χ0n) is 19.4. The third-order valence-electron chi connectivity index (χ3n) is 5.82. The van der Waals surface area contributed by atoms with E-state index >= 15 is 0 Å². The van der Waals surface area contributed by atoms with E-state index < -0.39 is 5.41 Å². The fraction of sp³-hybridized carbons (Fsp3) is 0.222. The number of benzene rings is 3. The summed E-state index contributed by atoms with van der Waals surface area (Å²) in [6.07, 6.45) is 0. The lowest BCUT2D eigenvalue weighted by Gasteiger charge is -2.22. The number of Topliss-reactive ketones (excluding diaryl/α,β-unsaturated/α-hetero) is 1. The molecule has 0 unspecified atom stereocenters. The molecule has 0 aliphatic heterocycles. The summed E-state index contributed by atoms with van der Waals surface area (Å²) in [5.41, 5.74) is 3.49. The van der Waals surface area contributed by atoms with Gasteiger partial charge in [0.15, 0.2) is 5.78 Å². The number of aromatic nitrogens is 2. The van der Waals surface area contributed by atoms with Gasteiger partial charge in [0.05, 0.1) is 29.7 Å². The number of hydrogen-bond donors (Lipinski definition) is 2. The van der Waals surface area contributed by atoms with Crippen LogP contribution >= 0.6 is 17.0 Å². The molecule has 0 aliphatic rings. The van der Waals surface area contributed by atoms with Crippen LogP contribution in [0.4, 0.5) is 0 Å². The van der Waals surface area contributed by atoms with Crippen molar-refractivity contribution in [2.75, 3.05) is 0 Å². The molecule has 0 saturated carbocycles. The number of nitriles is 1. The van der Waals surface area contributed by atoms with Crippen molar-refractivity contribution in [3.8, 4) is 11.8 Å². The van der Waals surface area contributed by atoms with E-state index in [1.807, 2.05) is 86.0 Å². The highest BCUT2D eigenvalue weighted by atomic mass is 79.9. The summed E-state index contributed by atoms with van der Waals surface area (Å²) < 4.78 is 3.58. The number of nitrogens with zero attached hydrogens (tertiary/aromatic N) is 3. The zero-order chi connectivity index (χ0) is 23.8. The van der Waals surface area contributed by atoms with Crippen LogP contribution in [0.15, 0.2) is 66.7 Å². The summed E-state index contributed by atoms with van der Waals surface area (Å²) in [5, 5.41) is 28.8. The first-order valence-electron chi connectivity index (χ1n) is 10.8. The Labute approximate surface area is 209 Å². The van der Waals surface area contributed by atoms with Crippen LogP contribution in [0.2, 0.25) is 0 Å². The Balaban J connectivity index is 0.00000324. The number of phenolic OH excluding ortho intramolecular Hbond substituents is 1. The summed E-state index contributed by atoms with van der Waals surface area (Å²) >= 11 is 0. The molecule has 7 heteroatoms. The minimum absolute atomic E-state index is 0. The lowest BCUT2D eigenvalue weighted by molar-refractivity contribution is 0.0971. The molecule has 0 atom stereocenters. The Morgan fingerprint density at radius 2 is 1.59 bits per heavy atom. The standard InChI is InChI=1S/C27H26N4O2.BrH/c1-27(2,3)21-14-19(13-20(15-28)25(21)33)24(32)17-31-23-12-8-7-11-22(23)30(26(31)29)16-18-9-5-4-6-10-18;/h4-14,29,33H,16-17H2,1-3H3;1H. The average molecular weight is 519 g/mol. The van der Waals surface area contributed by atoms with E-state index in [1.54, 1.807) is 10.6 Å². The van der Waals surface area contributed by atoms with Crippen LogP contribution in [-0.2, 0) is 18.5 Å². The molecule has 0 amide bonds. The van der Waals surface area contributed by atoms with Gasteiger partial charge in [0, 0.05) is 11.1 Å². The Morgan fingerprint density at radius 1 is 1.00 bits per heavy atom. The van der Waals surface area contributed by atoms with Crippen molar-refractivity contribution in [3.63, 3.8) is 0 Å². The topological polar surface area (TPSA) is 94.8 Å². The van der Waals surface area contributed by atoms with Gasteiger partial charge < -0.3 is 14.2 Å². The number of nitrogens with one attached hydrogen (secondary N) is 1. The van der Waals surface area contributed by atoms with Gasteiger partial charge in [-0.15, -0.1) is 17.0 Å². The highest BCUT2D eigenvalue weighted by Gasteiger charge is 2.24. The average Bonchev–Trinajstić information content (AvgIpc) is 3.05. The van der Waals surface area contributed by atoms with Crippen molar-refractivity contribution in [3.05, 3.63) is 94.6 Å². The van der Waals surface area contributed by atoms with Gasteiger partial charge in [-0.1, -0.05) is 63.2 Å². The second kappa shape index (κ2) is 9.70. The number of halogens is 1. The number of aromatic hydroxyl groups is 1. The molecule has 3 aromatic carbocycles. The number of carbonyl (C=O) groups is 1. The van der Waals surface area contributed by atoms with Gasteiger partial charge in [-0.3, -0.25) is 10.2 Å². The van der Waals surface area contributed by atoms with Crippen LogP contribution in [0.25, 0.3) is 11.0 Å². The highest BCUT2D eigenvalue weighted by Crippen LogP contribution is 2.34. The summed E-state index contributed by atoms with van der Waals surface area (Å²) in [4.78, 5) is 13.3. The molecule has 0 fully saturated rings. The molecule has 6 nitrogen and oxygen atoms in total. The molecule has 0 spiro atoms. The maximum absolute atomic E-state index is 13.3. The zero-order valence-corrected chi connectivity index (χ0v) is 21.1. The molecule has 1 heterocycles. The maximum atomic E-state index is 13.3. The SMILES string of the molecule is Br.CC(C)(C)c1cc(C(=O)Cn2c(=N)n(Cc3ccccc3)c3ccccc32)cc(C#N)c1O. The van der Waals surface area contributed by atoms with E-state index in [1.165, 1.54) is 6.07 Å². The molecule has 0 radical (unpaired) electrons. The summed E-state index contributed by atoms with van der Waals surface area (Å²) in [6, 6.07) is 22.6. The van der Waals surface area contributed by atoms with Crippen LogP contribution in [0.3, 0.4) is 0 Å². The predicted molar refractivity (Wildman–Crippen MR) is 138 cm³/mol. The smallest absolute Gasteiger partial charge is 0.203 e. The van der Waals surface area contributed by atoms with Crippen molar-refractivity contribution in [1.29, 1.82) is 10.7 Å². The summed E-state index contributed by atoms with van der Waals surface area (Å²) in [7, 11) is 0. The molecule has 174 valence electrons. The second-order valence-corrected chi connectivity index (χ2v) is 9.18. The van der Waals surface area contributed by atoms with E-state index in [-0.39, 0.29) is 46.2 Å². The number of fused-ring (bicyclic) bond motifs is 1. The normalized spacial score (nSPS) is 11.1. The predicted octanol–water partition coefficient (Wildman–Crippen LogP) is 5.31. The molecular formula is C27H27BrN4O2. The van der Waals surface area contributed by atoms with Crippen LogP contribution in [0.5, 0.6) is 5.75 Å². The van der Waals surface area contributed by atoms with Crippen molar-refractivity contribution in [2.45, 2.75) is 39.3 Å². The largest absolute Gasteiger partial charge is 0.506 e. The van der Waals surface area contributed by atoms with Gasteiger partial charge >= 0.3 is 0 Å². The quantitative estimate of drug-likeness (QED) is 0.350. The van der Waals surface area contributed by atoms with Crippen molar-refractivity contribution >= 4 is 33.8 Å². The van der Waals surface area contributed by atoms with E-state index in [0.29, 0.717) is 17.7 Å². The van der Waals surface area contributed by atoms with Crippen molar-refractivity contribution in [1.82, 2.24) is 9.13 Å². The first-order valence-corrected chi connectivity index (χ1v) is 10.8. The molecular weight excluding hydrogens is 492 g/mol. The lowest BCUT2D eigenvalue weighted by atomic mass is 9.83. The van der Waals surface area contributed by atoms with Crippen molar-refractivity contribution < 1.29 is 9.90 Å². The molecule has 0 bridgehead atoms. The van der Waals surface area contributed by atoms with Crippen LogP contribution in [0, 0.1) is 16.7 Å². The number of hydrogen-bond acceptors (Lipinski definition) is 4. The molecule has 1 aromatic heterocycles. The minimum Gasteiger partial charge on any atom is -0.506 e. The first-order chi connectivity index (χ1) is 15.7. The number of carbonyl (C=O) groups excluding carboxylic acids is 1. The van der Waals surface area contributed by atoms with Crippen LogP contribution in [-0.4, -0.2) is 20.0 Å². The Morgan fingerprint density at radius 3 is 2.18 bits per heavy atom. The molecule has 0 saturated heterocycles. The molecule has 4 aromatic rings. The van der Waals surface area contributed by atoms with Gasteiger partial charge in [0.1, 0.15) is 11.8 Å². The van der Waals surface area contributed by atoms with Gasteiger partial charge in [0.25, 0.3) is 0 Å². The number of rotatable bonds is 5. The van der Waals surface area contributed by atoms with Gasteiger partial charge in [0.2, 0.25) is 5.62 Å². The van der Waals surface area contributed by atoms with E-state index in [0.717, 1.165) is 16.6 Å². The fourth-order valence-electron chi connectivity index (χ4n) is 4.07. The van der Waals surface area contributed by atoms with Gasteiger partial charge in [-0.2, -0.15) is 5.26 Å². The minimum atomic E-state index is -0.439. The molecule has 4 rings (SSSR count). The number of para-hydroxylation sites is 2. The van der Waals surface area contributed by atoms with E-state index in [2.05, 4.69) is 0 Å². The molecule has 34 heavy (non-hydrogen) atoms. The molecule has 2 N–H and O–H groups in total. The third-order valence-corrected chi connectivity index (χ3v) is 5.82. The Hall–Kier alpha value is -3.63. The molecule has 0 aliphatic carbocycles. The third kappa shape index (κ3) is 4.68. The van der Waals surface area contributed by atoms with E-state index in [4.69, 9.17) is 5.41 Å².